The first-order valence-electron chi connectivity index (χ1n) is 5.30. The molecule has 18 heavy (non-hydrogen) atoms. The third-order valence-electron chi connectivity index (χ3n) is 2.35. The van der Waals surface area contributed by atoms with E-state index in [1.165, 1.54) is 18.2 Å². The van der Waals surface area contributed by atoms with Crippen LogP contribution in [0, 0.1) is 0 Å². The largest absolute Gasteiger partial charge is 0.399 e. The number of sulfonamides is 1. The molecule has 0 unspecified atom stereocenters. The maximum atomic E-state index is 12.3. The number of anilines is 2. The zero-order chi connectivity index (χ0) is 13.8. The van der Waals surface area contributed by atoms with Crippen LogP contribution in [0.5, 0.6) is 0 Å². The topological polar surface area (TPSA) is 130 Å². The molecule has 0 saturated carbocycles. The van der Waals surface area contributed by atoms with Crippen LogP contribution in [0.1, 0.15) is 0 Å². The van der Waals surface area contributed by atoms with Crippen molar-refractivity contribution in [3.8, 4) is 0 Å². The minimum absolute atomic E-state index is 0.0741. The molecule has 0 atom stereocenters. The van der Waals surface area contributed by atoms with Crippen molar-refractivity contribution in [1.82, 2.24) is 4.31 Å². The standard InChI is InChI=1S/C10H17N3O4S/c11-8-1-2-9(12)10(7-8)18(16,17)13(3-5-14)4-6-15/h1-2,7,14-15H,3-6,11-12H2. The van der Waals surface area contributed by atoms with E-state index in [0.717, 1.165) is 4.31 Å². The van der Waals surface area contributed by atoms with Gasteiger partial charge >= 0.3 is 0 Å². The Bertz CT molecular complexity index is 498. The summed E-state index contributed by atoms with van der Waals surface area (Å²) >= 11 is 0. The van der Waals surface area contributed by atoms with E-state index in [4.69, 9.17) is 21.7 Å². The average Bonchev–Trinajstić information content (AvgIpc) is 2.32. The van der Waals surface area contributed by atoms with Gasteiger partial charge in [0.25, 0.3) is 0 Å². The summed E-state index contributed by atoms with van der Waals surface area (Å²) in [5, 5.41) is 17.7. The molecule has 8 heteroatoms. The maximum Gasteiger partial charge on any atom is 0.245 e. The van der Waals surface area contributed by atoms with Crippen LogP contribution in [-0.2, 0) is 10.0 Å². The summed E-state index contributed by atoms with van der Waals surface area (Å²) in [5.41, 5.74) is 11.5. The Morgan fingerprint density at radius 3 is 2.17 bits per heavy atom. The van der Waals surface area contributed by atoms with Crippen LogP contribution in [-0.4, -0.2) is 49.2 Å². The first-order chi connectivity index (χ1) is 8.43. The van der Waals surface area contributed by atoms with Crippen LogP contribution >= 0.6 is 0 Å². The lowest BCUT2D eigenvalue weighted by Gasteiger charge is -2.21. The van der Waals surface area contributed by atoms with Crippen molar-refractivity contribution in [3.63, 3.8) is 0 Å². The monoisotopic (exact) mass is 275 g/mol. The quantitative estimate of drug-likeness (QED) is 0.484. The molecule has 0 aliphatic rings. The molecule has 0 radical (unpaired) electrons. The molecule has 0 aromatic heterocycles. The van der Waals surface area contributed by atoms with Gasteiger partial charge < -0.3 is 21.7 Å². The summed E-state index contributed by atoms with van der Waals surface area (Å²) in [6.45, 7) is -0.919. The Kier molecular flexibility index (Phi) is 4.91. The van der Waals surface area contributed by atoms with Crippen molar-refractivity contribution in [3.05, 3.63) is 18.2 Å². The van der Waals surface area contributed by atoms with Crippen LogP contribution < -0.4 is 11.5 Å². The predicted octanol–water partition coefficient (Wildman–Crippen LogP) is -1.17. The Morgan fingerprint density at radius 1 is 1.11 bits per heavy atom. The minimum Gasteiger partial charge on any atom is -0.399 e. The second-order valence-corrected chi connectivity index (χ2v) is 5.55. The van der Waals surface area contributed by atoms with Gasteiger partial charge in [0.05, 0.1) is 18.9 Å². The van der Waals surface area contributed by atoms with E-state index in [2.05, 4.69) is 0 Å². The highest BCUT2D eigenvalue weighted by Gasteiger charge is 2.25. The highest BCUT2D eigenvalue weighted by molar-refractivity contribution is 7.89. The number of nitrogen functional groups attached to an aromatic ring is 2. The van der Waals surface area contributed by atoms with Gasteiger partial charge in [-0.1, -0.05) is 0 Å². The number of hydrogen-bond acceptors (Lipinski definition) is 6. The molecular weight excluding hydrogens is 258 g/mol. The molecule has 0 amide bonds. The van der Waals surface area contributed by atoms with Gasteiger partial charge in [0, 0.05) is 18.8 Å². The van der Waals surface area contributed by atoms with Crippen molar-refractivity contribution in [1.29, 1.82) is 0 Å². The lowest BCUT2D eigenvalue weighted by molar-refractivity contribution is 0.217. The van der Waals surface area contributed by atoms with E-state index in [1.54, 1.807) is 0 Å². The highest BCUT2D eigenvalue weighted by Crippen LogP contribution is 2.24. The first kappa shape index (κ1) is 14.7. The molecule has 7 nitrogen and oxygen atoms in total. The Balaban J connectivity index is 3.21. The van der Waals surface area contributed by atoms with Crippen LogP contribution in [0.4, 0.5) is 11.4 Å². The molecule has 1 aromatic rings. The van der Waals surface area contributed by atoms with E-state index in [9.17, 15) is 8.42 Å². The summed E-state index contributed by atoms with van der Waals surface area (Å²) in [4.78, 5) is -0.121. The molecule has 0 spiro atoms. The molecule has 0 aliphatic carbocycles. The number of hydrogen-bond donors (Lipinski definition) is 4. The van der Waals surface area contributed by atoms with Gasteiger partial charge in [0.2, 0.25) is 10.0 Å². The molecule has 6 N–H and O–H groups in total. The number of nitrogens with two attached hydrogens (primary N) is 2. The van der Waals surface area contributed by atoms with Crippen LogP contribution in [0.3, 0.4) is 0 Å². The highest BCUT2D eigenvalue weighted by atomic mass is 32.2. The first-order valence-corrected chi connectivity index (χ1v) is 6.74. The number of nitrogens with zero attached hydrogens (tertiary/aromatic N) is 1. The summed E-state index contributed by atoms with van der Waals surface area (Å²) in [6, 6.07) is 4.15. The second kappa shape index (κ2) is 6.01. The molecule has 0 aliphatic heterocycles. The normalized spacial score (nSPS) is 11.9. The summed E-state index contributed by atoms with van der Waals surface area (Å²) < 4.78 is 25.5. The van der Waals surface area contributed by atoms with Gasteiger partial charge in [0.15, 0.2) is 0 Å². The number of rotatable bonds is 6. The Hall–Kier alpha value is -1.35. The molecule has 0 fully saturated rings. The Morgan fingerprint density at radius 2 is 1.67 bits per heavy atom. The fraction of sp³-hybridized carbons (Fsp3) is 0.400. The SMILES string of the molecule is Nc1ccc(N)c(S(=O)(=O)N(CCO)CCO)c1. The lowest BCUT2D eigenvalue weighted by Crippen LogP contribution is -2.36. The van der Waals surface area contributed by atoms with E-state index in [-0.39, 0.29) is 42.6 Å². The summed E-state index contributed by atoms with van der Waals surface area (Å²) in [6.07, 6.45) is 0. The van der Waals surface area contributed by atoms with Gasteiger partial charge in [0.1, 0.15) is 4.90 Å². The van der Waals surface area contributed by atoms with Crippen LogP contribution in [0.2, 0.25) is 0 Å². The number of aliphatic hydroxyl groups excluding tert-OH is 2. The lowest BCUT2D eigenvalue weighted by atomic mass is 10.3. The second-order valence-electron chi connectivity index (χ2n) is 3.65. The van der Waals surface area contributed by atoms with Crippen LogP contribution in [0.15, 0.2) is 23.1 Å². The van der Waals surface area contributed by atoms with E-state index in [0.29, 0.717) is 0 Å². The van der Waals surface area contributed by atoms with Crippen molar-refractivity contribution in [2.75, 3.05) is 37.8 Å². The third kappa shape index (κ3) is 3.10. The zero-order valence-electron chi connectivity index (χ0n) is 9.78. The fourth-order valence-electron chi connectivity index (χ4n) is 1.49. The summed E-state index contributed by atoms with van der Waals surface area (Å²) in [5.74, 6) is 0. The van der Waals surface area contributed by atoms with Gasteiger partial charge in [-0.25, -0.2) is 8.42 Å². The number of aliphatic hydroxyl groups is 2. The van der Waals surface area contributed by atoms with Gasteiger partial charge in [-0.3, -0.25) is 0 Å². The Labute approximate surface area is 106 Å². The van der Waals surface area contributed by atoms with Crippen molar-refractivity contribution in [2.45, 2.75) is 4.90 Å². The zero-order valence-corrected chi connectivity index (χ0v) is 10.6. The smallest absolute Gasteiger partial charge is 0.245 e. The number of benzene rings is 1. The molecule has 0 bridgehead atoms. The van der Waals surface area contributed by atoms with Crippen LogP contribution in [0.25, 0.3) is 0 Å². The summed E-state index contributed by atoms with van der Waals surface area (Å²) in [7, 11) is -3.87. The third-order valence-corrected chi connectivity index (χ3v) is 4.31. The molecule has 0 saturated heterocycles. The maximum absolute atomic E-state index is 12.3. The van der Waals surface area contributed by atoms with Crippen molar-refractivity contribution in [2.24, 2.45) is 0 Å². The molecule has 0 heterocycles. The molecule has 1 aromatic carbocycles. The van der Waals surface area contributed by atoms with Gasteiger partial charge in [-0.15, -0.1) is 0 Å². The minimum atomic E-state index is -3.87. The van der Waals surface area contributed by atoms with Crippen molar-refractivity contribution >= 4 is 21.4 Å². The van der Waals surface area contributed by atoms with Gasteiger partial charge in [-0.05, 0) is 18.2 Å². The van der Waals surface area contributed by atoms with E-state index >= 15 is 0 Å². The fourth-order valence-corrected chi connectivity index (χ4v) is 3.06. The van der Waals surface area contributed by atoms with E-state index < -0.39 is 10.0 Å². The van der Waals surface area contributed by atoms with Gasteiger partial charge in [-0.2, -0.15) is 4.31 Å². The van der Waals surface area contributed by atoms with E-state index in [1.807, 2.05) is 0 Å². The molecule has 1 rings (SSSR count). The average molecular weight is 275 g/mol. The van der Waals surface area contributed by atoms with Crippen molar-refractivity contribution < 1.29 is 18.6 Å². The molecule has 102 valence electrons. The molecular formula is C10H17N3O4S. The predicted molar refractivity (Wildman–Crippen MR) is 68.2 cm³/mol.